The third kappa shape index (κ3) is 2.62. The third-order valence-corrected chi connectivity index (χ3v) is 3.62. The molecule has 2 unspecified atom stereocenters. The summed E-state index contributed by atoms with van der Waals surface area (Å²) in [4.78, 5) is 6.75. The molecule has 1 heterocycles. The van der Waals surface area contributed by atoms with Gasteiger partial charge in [0.15, 0.2) is 0 Å². The first kappa shape index (κ1) is 11.6. The van der Waals surface area contributed by atoms with E-state index >= 15 is 0 Å². The molecule has 90 valence electrons. The number of aromatic nitrogens is 2. The predicted molar refractivity (Wildman–Crippen MR) is 64.9 cm³/mol. The van der Waals surface area contributed by atoms with Gasteiger partial charge < -0.3 is 10.3 Å². The second kappa shape index (κ2) is 4.97. The fourth-order valence-electron chi connectivity index (χ4n) is 2.50. The molecule has 0 radical (unpaired) electrons. The molecule has 1 aromatic heterocycles. The average molecular weight is 222 g/mol. The largest absolute Gasteiger partial charge is 0.337 e. The van der Waals surface area contributed by atoms with E-state index in [1.165, 1.54) is 19.3 Å². The first-order valence-electron chi connectivity index (χ1n) is 6.09. The second-order valence-corrected chi connectivity index (χ2v) is 4.95. The Balaban J connectivity index is 1.92. The van der Waals surface area contributed by atoms with Gasteiger partial charge in [-0.05, 0) is 26.3 Å². The van der Waals surface area contributed by atoms with Gasteiger partial charge in [0.05, 0.1) is 6.54 Å². The van der Waals surface area contributed by atoms with Gasteiger partial charge >= 0.3 is 0 Å². The molecule has 0 bridgehead atoms. The lowest BCUT2D eigenvalue weighted by Gasteiger charge is -2.33. The monoisotopic (exact) mass is 222 g/mol. The summed E-state index contributed by atoms with van der Waals surface area (Å²) in [5.74, 6) is 1.13. The molecule has 1 saturated carbocycles. The third-order valence-electron chi connectivity index (χ3n) is 3.62. The summed E-state index contributed by atoms with van der Waals surface area (Å²) in [5, 5.41) is 0. The molecular formula is C12H22N4. The highest BCUT2D eigenvalue weighted by molar-refractivity contribution is 4.92. The van der Waals surface area contributed by atoms with Crippen molar-refractivity contribution in [2.24, 2.45) is 12.8 Å². The van der Waals surface area contributed by atoms with Crippen LogP contribution < -0.4 is 5.73 Å². The Kier molecular flexibility index (Phi) is 3.61. The number of imidazole rings is 1. The molecule has 2 N–H and O–H groups in total. The lowest BCUT2D eigenvalue weighted by molar-refractivity contribution is 0.169. The van der Waals surface area contributed by atoms with Crippen LogP contribution in [-0.2, 0) is 13.6 Å². The van der Waals surface area contributed by atoms with Gasteiger partial charge in [-0.3, -0.25) is 4.90 Å². The molecule has 16 heavy (non-hydrogen) atoms. The van der Waals surface area contributed by atoms with Crippen molar-refractivity contribution in [1.82, 2.24) is 14.5 Å². The summed E-state index contributed by atoms with van der Waals surface area (Å²) in [6.45, 7) is 0.918. The summed E-state index contributed by atoms with van der Waals surface area (Å²) in [6.07, 6.45) is 8.70. The number of nitrogens with two attached hydrogens (primary N) is 1. The van der Waals surface area contributed by atoms with Gasteiger partial charge in [0.25, 0.3) is 0 Å². The molecule has 2 rings (SSSR count). The lowest BCUT2D eigenvalue weighted by Crippen LogP contribution is -2.40. The van der Waals surface area contributed by atoms with E-state index < -0.39 is 0 Å². The van der Waals surface area contributed by atoms with Crippen LogP contribution in [-0.4, -0.2) is 33.6 Å². The van der Waals surface area contributed by atoms with Crippen molar-refractivity contribution in [3.63, 3.8) is 0 Å². The topological polar surface area (TPSA) is 47.1 Å². The fraction of sp³-hybridized carbons (Fsp3) is 0.750. The molecule has 0 saturated heterocycles. The summed E-state index contributed by atoms with van der Waals surface area (Å²) in [7, 11) is 4.22. The van der Waals surface area contributed by atoms with Crippen LogP contribution in [0.1, 0.15) is 31.5 Å². The molecule has 1 aliphatic rings. The molecule has 0 aromatic carbocycles. The van der Waals surface area contributed by atoms with Gasteiger partial charge in [0, 0.05) is 31.5 Å². The quantitative estimate of drug-likeness (QED) is 0.833. The van der Waals surface area contributed by atoms with Crippen LogP contribution in [0.2, 0.25) is 0 Å². The van der Waals surface area contributed by atoms with E-state index in [4.69, 9.17) is 5.73 Å². The molecule has 1 aliphatic carbocycles. The van der Waals surface area contributed by atoms with Crippen molar-refractivity contribution in [1.29, 1.82) is 0 Å². The van der Waals surface area contributed by atoms with Gasteiger partial charge in [-0.1, -0.05) is 6.42 Å². The minimum Gasteiger partial charge on any atom is -0.337 e. The summed E-state index contributed by atoms with van der Waals surface area (Å²) < 4.78 is 2.08. The van der Waals surface area contributed by atoms with E-state index in [2.05, 4.69) is 21.5 Å². The maximum Gasteiger partial charge on any atom is 0.122 e. The van der Waals surface area contributed by atoms with E-state index in [9.17, 15) is 0 Å². The van der Waals surface area contributed by atoms with E-state index in [0.717, 1.165) is 18.8 Å². The van der Waals surface area contributed by atoms with Gasteiger partial charge in [-0.2, -0.15) is 0 Å². The zero-order valence-electron chi connectivity index (χ0n) is 10.3. The first-order chi connectivity index (χ1) is 7.66. The van der Waals surface area contributed by atoms with Crippen molar-refractivity contribution in [3.05, 3.63) is 18.2 Å². The minimum atomic E-state index is 0.391. The smallest absolute Gasteiger partial charge is 0.122 e. The highest BCUT2D eigenvalue weighted by atomic mass is 15.2. The highest BCUT2D eigenvalue weighted by Gasteiger charge is 2.23. The standard InChI is InChI=1S/C12H22N4/c1-15-7-6-14-12(15)9-16(2)11-5-3-4-10(13)8-11/h6-7,10-11H,3-5,8-9,13H2,1-2H3. The van der Waals surface area contributed by atoms with E-state index in [0.29, 0.717) is 12.1 Å². The van der Waals surface area contributed by atoms with Crippen molar-refractivity contribution in [2.45, 2.75) is 44.3 Å². The Hall–Kier alpha value is -0.870. The number of nitrogens with zero attached hydrogens (tertiary/aromatic N) is 3. The molecule has 1 aromatic rings. The lowest BCUT2D eigenvalue weighted by atomic mass is 9.91. The molecule has 4 heteroatoms. The van der Waals surface area contributed by atoms with Crippen molar-refractivity contribution >= 4 is 0 Å². The van der Waals surface area contributed by atoms with Crippen LogP contribution in [0.5, 0.6) is 0 Å². The fourth-order valence-corrected chi connectivity index (χ4v) is 2.50. The summed E-state index contributed by atoms with van der Waals surface area (Å²) in [5.41, 5.74) is 6.02. The zero-order chi connectivity index (χ0) is 11.5. The van der Waals surface area contributed by atoms with E-state index in [1.807, 2.05) is 19.4 Å². The zero-order valence-corrected chi connectivity index (χ0v) is 10.3. The van der Waals surface area contributed by atoms with Gasteiger partial charge in [-0.15, -0.1) is 0 Å². The van der Waals surface area contributed by atoms with Gasteiger partial charge in [-0.25, -0.2) is 4.98 Å². The molecule has 1 fully saturated rings. The molecular weight excluding hydrogens is 200 g/mol. The van der Waals surface area contributed by atoms with Gasteiger partial charge in [0.1, 0.15) is 5.82 Å². The summed E-state index contributed by atoms with van der Waals surface area (Å²) >= 11 is 0. The predicted octanol–water partition coefficient (Wildman–Crippen LogP) is 1.12. The molecule has 0 aliphatic heterocycles. The maximum absolute atomic E-state index is 6.02. The van der Waals surface area contributed by atoms with E-state index in [-0.39, 0.29) is 0 Å². The van der Waals surface area contributed by atoms with E-state index in [1.54, 1.807) is 0 Å². The number of hydrogen-bond acceptors (Lipinski definition) is 3. The second-order valence-electron chi connectivity index (χ2n) is 4.95. The minimum absolute atomic E-state index is 0.391. The highest BCUT2D eigenvalue weighted by Crippen LogP contribution is 2.21. The Morgan fingerprint density at radius 2 is 2.38 bits per heavy atom. The molecule has 0 amide bonds. The number of rotatable bonds is 3. The normalized spacial score (nSPS) is 26.2. The van der Waals surface area contributed by atoms with Crippen molar-refractivity contribution in [3.8, 4) is 0 Å². The Bertz CT molecular complexity index is 334. The van der Waals surface area contributed by atoms with Crippen LogP contribution in [0.15, 0.2) is 12.4 Å². The summed E-state index contributed by atoms with van der Waals surface area (Å²) in [6, 6.07) is 1.02. The van der Waals surface area contributed by atoms with Crippen molar-refractivity contribution < 1.29 is 0 Å². The Morgan fingerprint density at radius 1 is 1.56 bits per heavy atom. The number of hydrogen-bond donors (Lipinski definition) is 1. The van der Waals surface area contributed by atoms with Crippen LogP contribution in [0, 0.1) is 0 Å². The van der Waals surface area contributed by atoms with Crippen LogP contribution >= 0.6 is 0 Å². The molecule has 4 nitrogen and oxygen atoms in total. The Labute approximate surface area is 97.4 Å². The first-order valence-corrected chi connectivity index (χ1v) is 6.09. The van der Waals surface area contributed by atoms with Crippen LogP contribution in [0.4, 0.5) is 0 Å². The van der Waals surface area contributed by atoms with Gasteiger partial charge in [0.2, 0.25) is 0 Å². The average Bonchev–Trinajstić information content (AvgIpc) is 2.64. The maximum atomic E-state index is 6.02. The SMILES string of the molecule is CN(Cc1nccn1C)C1CCCC(N)C1. The number of aryl methyl sites for hydroxylation is 1. The van der Waals surface area contributed by atoms with Crippen molar-refractivity contribution in [2.75, 3.05) is 7.05 Å². The molecule has 2 atom stereocenters. The van der Waals surface area contributed by atoms with Crippen LogP contribution in [0.25, 0.3) is 0 Å². The van der Waals surface area contributed by atoms with Crippen LogP contribution in [0.3, 0.4) is 0 Å². The Morgan fingerprint density at radius 3 is 3.00 bits per heavy atom. The molecule has 0 spiro atoms.